The number of ether oxygens (including phenoxy) is 1. The van der Waals surface area contributed by atoms with E-state index in [1.807, 2.05) is 30.2 Å². The summed E-state index contributed by atoms with van der Waals surface area (Å²) >= 11 is 0. The molecule has 2 amide bonds. The molecule has 0 spiro atoms. The highest BCUT2D eigenvalue weighted by atomic mass is 16.5. The number of fused-ring (bicyclic) bond motifs is 3. The normalized spacial score (nSPS) is 12.5. The Morgan fingerprint density at radius 1 is 0.971 bits per heavy atom. The number of carboxylic acids is 1. The number of hydrogen-bond donors (Lipinski definition) is 3. The topological polar surface area (TPSA) is 105 Å². The zero-order valence-corrected chi connectivity index (χ0v) is 20.0. The third-order valence-corrected chi connectivity index (χ3v) is 6.21. The van der Waals surface area contributed by atoms with Crippen LogP contribution >= 0.6 is 0 Å². The van der Waals surface area contributed by atoms with E-state index >= 15 is 0 Å². The minimum Gasteiger partial charge on any atom is -0.472 e. The average Bonchev–Trinajstić information content (AvgIpc) is 3.17. The van der Waals surface area contributed by atoms with E-state index in [9.17, 15) is 14.4 Å². The van der Waals surface area contributed by atoms with Gasteiger partial charge in [-0.05, 0) is 41.0 Å². The molecule has 7 heteroatoms. The van der Waals surface area contributed by atoms with Crippen molar-refractivity contribution in [2.45, 2.75) is 44.9 Å². The predicted octanol–water partition coefficient (Wildman–Crippen LogP) is 4.32. The van der Waals surface area contributed by atoms with Crippen LogP contribution in [-0.2, 0) is 14.3 Å². The second-order valence-electron chi connectivity index (χ2n) is 8.62. The molecule has 35 heavy (non-hydrogen) atoms. The molecule has 1 atom stereocenters. The van der Waals surface area contributed by atoms with Crippen molar-refractivity contribution in [3.8, 4) is 23.0 Å². The molecule has 0 fully saturated rings. The maximum absolute atomic E-state index is 12.4. The first-order chi connectivity index (χ1) is 17.0. The van der Waals surface area contributed by atoms with Gasteiger partial charge in [-0.1, -0.05) is 74.2 Å². The molecule has 2 aromatic carbocycles. The maximum atomic E-state index is 12.4. The highest BCUT2D eigenvalue weighted by Gasteiger charge is 2.28. The molecule has 3 N–H and O–H groups in total. The first-order valence-electron chi connectivity index (χ1n) is 12.1. The van der Waals surface area contributed by atoms with Gasteiger partial charge in [-0.2, -0.15) is 0 Å². The Morgan fingerprint density at radius 3 is 2.26 bits per heavy atom. The van der Waals surface area contributed by atoms with Crippen molar-refractivity contribution in [3.63, 3.8) is 0 Å². The van der Waals surface area contributed by atoms with Crippen LogP contribution in [0.25, 0.3) is 11.1 Å². The van der Waals surface area contributed by atoms with E-state index in [4.69, 9.17) is 9.84 Å². The van der Waals surface area contributed by atoms with Crippen molar-refractivity contribution in [3.05, 3.63) is 59.7 Å². The molecule has 0 saturated heterocycles. The zero-order chi connectivity index (χ0) is 25.0. The fourth-order valence-electron chi connectivity index (χ4n) is 4.56. The van der Waals surface area contributed by atoms with Crippen molar-refractivity contribution in [2.75, 3.05) is 19.7 Å². The molecular weight excluding hydrogens is 444 g/mol. The number of aliphatic carboxylic acids is 1. The number of amides is 2. The first kappa shape index (κ1) is 25.8. The highest BCUT2D eigenvalue weighted by molar-refractivity contribution is 5.86. The zero-order valence-electron chi connectivity index (χ0n) is 20.0. The molecule has 3 rings (SSSR count). The Bertz CT molecular complexity index is 1060. The van der Waals surface area contributed by atoms with Gasteiger partial charge in [-0.25, -0.2) is 9.59 Å². The molecule has 184 valence electrons. The Hall–Kier alpha value is -3.79. The predicted molar refractivity (Wildman–Crippen MR) is 134 cm³/mol. The second-order valence-corrected chi connectivity index (χ2v) is 8.62. The van der Waals surface area contributed by atoms with E-state index in [-0.39, 0.29) is 25.0 Å². The number of alkyl carbamates (subject to hydrolysis) is 1. The van der Waals surface area contributed by atoms with E-state index in [0.29, 0.717) is 25.3 Å². The molecular formula is C28H32N2O5. The fraction of sp³-hybridized carbons (Fsp3) is 0.393. The summed E-state index contributed by atoms with van der Waals surface area (Å²) < 4.78 is 5.58. The Kier molecular flexibility index (Phi) is 9.73. The van der Waals surface area contributed by atoms with E-state index in [0.717, 1.165) is 19.3 Å². The van der Waals surface area contributed by atoms with E-state index < -0.39 is 12.1 Å². The van der Waals surface area contributed by atoms with Crippen LogP contribution in [-0.4, -0.2) is 42.8 Å². The van der Waals surface area contributed by atoms with Crippen LogP contribution in [0.5, 0.6) is 0 Å². The lowest BCUT2D eigenvalue weighted by molar-refractivity contribution is -0.130. The highest BCUT2D eigenvalue weighted by Crippen LogP contribution is 2.44. The molecule has 0 aliphatic heterocycles. The molecule has 0 bridgehead atoms. The van der Waals surface area contributed by atoms with E-state index in [1.54, 1.807) is 0 Å². The third-order valence-electron chi connectivity index (χ3n) is 6.21. The summed E-state index contributed by atoms with van der Waals surface area (Å²) in [6, 6.07) is 16.4. The van der Waals surface area contributed by atoms with E-state index in [1.165, 1.54) is 22.3 Å². The van der Waals surface area contributed by atoms with E-state index in [2.05, 4.69) is 47.7 Å². The number of benzene rings is 2. The van der Waals surface area contributed by atoms with Crippen LogP contribution in [0.3, 0.4) is 0 Å². The van der Waals surface area contributed by atoms with Gasteiger partial charge in [0.1, 0.15) is 6.61 Å². The maximum Gasteiger partial charge on any atom is 0.407 e. The van der Waals surface area contributed by atoms with Crippen molar-refractivity contribution in [2.24, 2.45) is 5.92 Å². The molecule has 1 aliphatic carbocycles. The molecule has 1 aliphatic rings. The summed E-state index contributed by atoms with van der Waals surface area (Å²) in [5.74, 6) is 3.29. The quantitative estimate of drug-likeness (QED) is 0.419. The van der Waals surface area contributed by atoms with Crippen molar-refractivity contribution in [1.29, 1.82) is 0 Å². The summed E-state index contributed by atoms with van der Waals surface area (Å²) in [4.78, 5) is 34.7. The van der Waals surface area contributed by atoms with Crippen LogP contribution in [0.2, 0.25) is 0 Å². The standard InChI is InChI=1S/C28H32N2O5/c1-2-8-20(14-15-26(31)29-17-7-13-27(32)33)16-18-30-28(34)35-19-25-23-11-5-3-9-21(23)22-10-4-6-12-24(22)25/h3-6,9-12,20,25H,2,8,14-19H2,1H3,(H,29,31)(H,30,34)(H,32,33). The molecule has 0 saturated carbocycles. The molecule has 0 heterocycles. The minimum atomic E-state index is -1.22. The van der Waals surface area contributed by atoms with Crippen molar-refractivity contribution in [1.82, 2.24) is 10.6 Å². The molecule has 0 radical (unpaired) electrons. The van der Waals surface area contributed by atoms with Crippen LogP contribution in [0.15, 0.2) is 48.5 Å². The Balaban J connectivity index is 1.41. The van der Waals surface area contributed by atoms with Crippen LogP contribution in [0, 0.1) is 17.8 Å². The van der Waals surface area contributed by atoms with Gasteiger partial charge in [0.25, 0.3) is 0 Å². The fourth-order valence-corrected chi connectivity index (χ4v) is 4.56. The second kappa shape index (κ2) is 13.2. The average molecular weight is 477 g/mol. The summed E-state index contributed by atoms with van der Waals surface area (Å²) in [6.45, 7) is 2.87. The number of rotatable bonds is 11. The van der Waals surface area contributed by atoms with Crippen molar-refractivity contribution >= 4 is 18.0 Å². The number of carbonyl (C=O) groups is 3. The van der Waals surface area contributed by atoms with Crippen molar-refractivity contribution < 1.29 is 24.2 Å². The van der Waals surface area contributed by atoms with Crippen LogP contribution in [0.4, 0.5) is 4.79 Å². The van der Waals surface area contributed by atoms with Crippen LogP contribution in [0.1, 0.15) is 56.1 Å². The number of hydrogen-bond acceptors (Lipinski definition) is 4. The Morgan fingerprint density at radius 2 is 1.63 bits per heavy atom. The first-order valence-corrected chi connectivity index (χ1v) is 12.1. The summed E-state index contributed by atoms with van der Waals surface area (Å²) in [6.07, 6.45) is 3.30. The lowest BCUT2D eigenvalue weighted by atomic mass is 9.94. The van der Waals surface area contributed by atoms with Gasteiger partial charge in [-0.15, -0.1) is 0 Å². The molecule has 0 aromatic heterocycles. The van der Waals surface area contributed by atoms with Gasteiger partial charge in [-0.3, -0.25) is 4.79 Å². The number of carbonyl (C=O) groups excluding carboxylic acids is 2. The number of carboxylic acid groups (broad SMARTS) is 1. The largest absolute Gasteiger partial charge is 0.472 e. The van der Waals surface area contributed by atoms with Crippen LogP contribution < -0.4 is 10.6 Å². The molecule has 2 aromatic rings. The SMILES string of the molecule is CCCC(CCNC(=O)OCC1c2ccccc2-c2ccccc21)CCC(=O)NCC#CC(=O)O. The monoisotopic (exact) mass is 476 g/mol. The summed E-state index contributed by atoms with van der Waals surface area (Å²) in [5.41, 5.74) is 4.74. The van der Waals surface area contributed by atoms with Gasteiger partial charge in [0.2, 0.25) is 5.91 Å². The lowest BCUT2D eigenvalue weighted by Gasteiger charge is -2.17. The van der Waals surface area contributed by atoms with Gasteiger partial charge in [0.15, 0.2) is 0 Å². The summed E-state index contributed by atoms with van der Waals surface area (Å²) in [5, 5.41) is 13.9. The Labute approximate surface area is 206 Å². The third kappa shape index (κ3) is 7.61. The molecule has 1 unspecified atom stereocenters. The van der Waals surface area contributed by atoms with Gasteiger partial charge in [0.05, 0.1) is 6.54 Å². The van der Waals surface area contributed by atoms with Gasteiger partial charge >= 0.3 is 12.1 Å². The molecule has 7 nitrogen and oxygen atoms in total. The lowest BCUT2D eigenvalue weighted by Crippen LogP contribution is -2.28. The smallest absolute Gasteiger partial charge is 0.407 e. The number of nitrogens with one attached hydrogen (secondary N) is 2. The minimum absolute atomic E-state index is 0.0208. The summed E-state index contributed by atoms with van der Waals surface area (Å²) in [7, 11) is 0. The van der Waals surface area contributed by atoms with Gasteiger partial charge in [0, 0.05) is 24.8 Å². The van der Waals surface area contributed by atoms with Gasteiger partial charge < -0.3 is 20.5 Å².